The van der Waals surface area contributed by atoms with Gasteiger partial charge in [-0.25, -0.2) is 0 Å². The van der Waals surface area contributed by atoms with Crippen molar-refractivity contribution >= 4 is 26.5 Å². The van der Waals surface area contributed by atoms with Gasteiger partial charge in [0.2, 0.25) is 0 Å². The van der Waals surface area contributed by atoms with Crippen molar-refractivity contribution in [1.29, 1.82) is 0 Å². The third-order valence-corrected chi connectivity index (χ3v) is 12.2. The summed E-state index contributed by atoms with van der Waals surface area (Å²) in [6.45, 7) is 16.8. The molecule has 174 valence electrons. The van der Waals surface area contributed by atoms with E-state index in [2.05, 4.69) is 138 Å². The monoisotopic (exact) mass is 478 g/mol. The van der Waals surface area contributed by atoms with E-state index >= 15 is 0 Å². The molecule has 0 N–H and O–H groups in total. The van der Waals surface area contributed by atoms with Gasteiger partial charge >= 0.3 is 0 Å². The van der Waals surface area contributed by atoms with E-state index in [4.69, 9.17) is 0 Å². The normalized spacial score (nSPS) is 12.1. The van der Waals surface area contributed by atoms with Crippen molar-refractivity contribution < 1.29 is 0 Å². The van der Waals surface area contributed by atoms with E-state index in [-0.39, 0.29) is 0 Å². The highest BCUT2D eigenvalue weighted by atomic mass is 28.3. The van der Waals surface area contributed by atoms with E-state index in [1.54, 1.807) is 5.19 Å². The minimum absolute atomic E-state index is 1.14. The largest absolute Gasteiger partial charge is 0.0849 e. The van der Waals surface area contributed by atoms with Crippen LogP contribution in [0, 0.1) is 13.8 Å². The first-order valence-electron chi connectivity index (χ1n) is 12.4. The predicted octanol–water partition coefficient (Wildman–Crippen LogP) is 7.88. The lowest BCUT2D eigenvalue weighted by Crippen LogP contribution is -2.44. The zero-order valence-corrected chi connectivity index (χ0v) is 23.9. The molecular formula is C32H38Si2. The lowest BCUT2D eigenvalue weighted by atomic mass is 10.0. The van der Waals surface area contributed by atoms with Crippen LogP contribution in [-0.2, 0) is 6.04 Å². The van der Waals surface area contributed by atoms with Crippen LogP contribution in [0.3, 0.4) is 0 Å². The Labute approximate surface area is 208 Å². The third kappa shape index (κ3) is 5.51. The van der Waals surface area contributed by atoms with E-state index in [0.29, 0.717) is 0 Å². The summed E-state index contributed by atoms with van der Waals surface area (Å²) in [7, 11) is -3.05. The molecule has 0 nitrogen and oxygen atoms in total. The topological polar surface area (TPSA) is 0 Å². The first-order valence-corrected chi connectivity index (χ1v) is 19.1. The van der Waals surface area contributed by atoms with Crippen molar-refractivity contribution in [1.82, 2.24) is 0 Å². The minimum Gasteiger partial charge on any atom is -0.0656 e. The predicted molar refractivity (Wildman–Crippen MR) is 157 cm³/mol. The van der Waals surface area contributed by atoms with Crippen LogP contribution in [0.4, 0.5) is 0 Å². The number of aryl methyl sites for hydroxylation is 2. The maximum Gasteiger partial charge on any atom is 0.0849 e. The summed E-state index contributed by atoms with van der Waals surface area (Å²) in [4.78, 5) is 0. The summed E-state index contributed by atoms with van der Waals surface area (Å²) < 4.78 is 0. The third-order valence-electron chi connectivity index (χ3n) is 6.92. The van der Waals surface area contributed by atoms with Crippen molar-refractivity contribution in [3.63, 3.8) is 0 Å². The molecule has 4 aromatic carbocycles. The highest BCUT2D eigenvalue weighted by Crippen LogP contribution is 2.25. The summed E-state index contributed by atoms with van der Waals surface area (Å²) in [5.41, 5.74) is 9.57. The average Bonchev–Trinajstić information content (AvgIpc) is 2.79. The standard InChI is InChI=1S/C32H38Si2/c1-24-18-30(27-13-9-8-10-14-27)21-31(19-24)34(6,7)23-26-12-11-15-28(20-26)29-17-16-25(2)32(22-29)33(3,4)5/h8-22H,23H2,1-7H3. The summed E-state index contributed by atoms with van der Waals surface area (Å²) >= 11 is 0. The molecule has 0 bridgehead atoms. The van der Waals surface area contributed by atoms with Gasteiger partial charge in [-0.05, 0) is 47.7 Å². The summed E-state index contributed by atoms with van der Waals surface area (Å²) in [6.07, 6.45) is 0. The Bertz CT molecular complexity index is 1290. The first kappa shape index (κ1) is 24.4. The van der Waals surface area contributed by atoms with Gasteiger partial charge in [0.1, 0.15) is 0 Å². The number of hydrogen-bond acceptors (Lipinski definition) is 0. The van der Waals surface area contributed by atoms with Gasteiger partial charge in [0.05, 0.1) is 16.1 Å². The van der Waals surface area contributed by atoms with Crippen molar-refractivity contribution in [3.8, 4) is 22.3 Å². The summed E-state index contributed by atoms with van der Waals surface area (Å²) in [6, 6.07) is 35.4. The lowest BCUT2D eigenvalue weighted by molar-refractivity contribution is 1.32. The molecule has 0 atom stereocenters. The van der Waals surface area contributed by atoms with Gasteiger partial charge in [-0.3, -0.25) is 0 Å². The summed E-state index contributed by atoms with van der Waals surface area (Å²) in [5.74, 6) is 0. The Hall–Kier alpha value is -2.69. The minimum atomic E-state index is -1.68. The van der Waals surface area contributed by atoms with Gasteiger partial charge in [0, 0.05) is 0 Å². The maximum absolute atomic E-state index is 2.51. The lowest BCUT2D eigenvalue weighted by Gasteiger charge is -2.25. The molecule has 4 aromatic rings. The van der Waals surface area contributed by atoms with E-state index < -0.39 is 16.1 Å². The molecule has 0 spiro atoms. The van der Waals surface area contributed by atoms with Gasteiger partial charge in [-0.15, -0.1) is 0 Å². The number of benzene rings is 4. The molecule has 0 saturated heterocycles. The molecule has 34 heavy (non-hydrogen) atoms. The van der Waals surface area contributed by atoms with Gasteiger partial charge in [0.15, 0.2) is 0 Å². The second-order valence-corrected chi connectivity index (χ2v) is 21.2. The quantitative estimate of drug-likeness (QED) is 0.247. The van der Waals surface area contributed by atoms with Crippen LogP contribution in [0.5, 0.6) is 0 Å². The smallest absolute Gasteiger partial charge is 0.0656 e. The fraction of sp³-hybridized carbons (Fsp3) is 0.250. The molecular weight excluding hydrogens is 441 g/mol. The van der Waals surface area contributed by atoms with Crippen LogP contribution in [0.15, 0.2) is 91.0 Å². The molecule has 0 aliphatic heterocycles. The van der Waals surface area contributed by atoms with E-state index in [9.17, 15) is 0 Å². The SMILES string of the molecule is Cc1cc(-c2ccccc2)cc([Si](C)(C)Cc2cccc(-c3ccc(C)c([Si](C)(C)C)c3)c2)c1. The summed E-state index contributed by atoms with van der Waals surface area (Å²) in [5, 5.41) is 3.10. The fourth-order valence-corrected chi connectivity index (χ4v) is 9.52. The molecule has 0 aliphatic rings. The Morgan fingerprint density at radius 1 is 0.559 bits per heavy atom. The fourth-order valence-electron chi connectivity index (χ4n) is 5.05. The van der Waals surface area contributed by atoms with Crippen LogP contribution < -0.4 is 10.4 Å². The Kier molecular flexibility index (Phi) is 6.84. The van der Waals surface area contributed by atoms with Gasteiger partial charge in [-0.1, -0.05) is 145 Å². The second kappa shape index (κ2) is 9.52. The van der Waals surface area contributed by atoms with Crippen LogP contribution in [-0.4, -0.2) is 16.1 Å². The van der Waals surface area contributed by atoms with E-state index in [0.717, 1.165) is 6.04 Å². The van der Waals surface area contributed by atoms with Gasteiger partial charge in [0.25, 0.3) is 0 Å². The Morgan fingerprint density at radius 3 is 1.94 bits per heavy atom. The Balaban J connectivity index is 1.66. The molecule has 0 aromatic heterocycles. The molecule has 0 heterocycles. The van der Waals surface area contributed by atoms with Gasteiger partial charge in [-0.2, -0.15) is 0 Å². The molecule has 0 aliphatic carbocycles. The van der Waals surface area contributed by atoms with E-state index in [1.165, 1.54) is 44.1 Å². The van der Waals surface area contributed by atoms with E-state index in [1.807, 2.05) is 0 Å². The zero-order valence-electron chi connectivity index (χ0n) is 21.9. The number of rotatable bonds is 6. The number of hydrogen-bond donors (Lipinski definition) is 0. The molecule has 0 radical (unpaired) electrons. The van der Waals surface area contributed by atoms with Crippen molar-refractivity contribution in [2.75, 3.05) is 0 Å². The van der Waals surface area contributed by atoms with Crippen molar-refractivity contribution in [3.05, 3.63) is 108 Å². The molecule has 4 rings (SSSR count). The van der Waals surface area contributed by atoms with Gasteiger partial charge < -0.3 is 0 Å². The maximum atomic E-state index is 2.51. The van der Waals surface area contributed by atoms with Crippen LogP contribution in [0.2, 0.25) is 32.7 Å². The van der Waals surface area contributed by atoms with Crippen molar-refractivity contribution in [2.45, 2.75) is 52.6 Å². The molecule has 0 fully saturated rings. The van der Waals surface area contributed by atoms with Crippen molar-refractivity contribution in [2.24, 2.45) is 0 Å². The van der Waals surface area contributed by atoms with Crippen LogP contribution >= 0.6 is 0 Å². The zero-order chi connectivity index (χ0) is 24.5. The van der Waals surface area contributed by atoms with Crippen LogP contribution in [0.1, 0.15) is 16.7 Å². The molecule has 0 amide bonds. The molecule has 2 heteroatoms. The Morgan fingerprint density at radius 2 is 1.24 bits per heavy atom. The van der Waals surface area contributed by atoms with Crippen LogP contribution in [0.25, 0.3) is 22.3 Å². The highest BCUT2D eigenvalue weighted by molar-refractivity contribution is 6.89. The molecule has 0 unspecified atom stereocenters. The average molecular weight is 479 g/mol. The molecule has 0 saturated carbocycles. The first-order chi connectivity index (χ1) is 16.0. The highest BCUT2D eigenvalue weighted by Gasteiger charge is 2.25. The second-order valence-electron chi connectivity index (χ2n) is 11.5.